The Kier molecular flexibility index (Phi) is 10.1. The molecule has 3 atom stereocenters. The quantitative estimate of drug-likeness (QED) is 0.313. The molecule has 0 aliphatic carbocycles. The Morgan fingerprint density at radius 1 is 0.921 bits per heavy atom. The van der Waals surface area contributed by atoms with Gasteiger partial charge in [-0.15, -0.1) is 0 Å². The topological polar surface area (TPSA) is 71.0 Å². The summed E-state index contributed by atoms with van der Waals surface area (Å²) < 4.78 is 10.9. The van der Waals surface area contributed by atoms with Crippen LogP contribution in [0.1, 0.15) is 46.6 Å². The molecule has 0 spiro atoms. The number of rotatable bonds is 9. The molecule has 9 heteroatoms. The van der Waals surface area contributed by atoms with Crippen LogP contribution in [0.2, 0.25) is 0 Å². The van der Waals surface area contributed by atoms with E-state index >= 15 is 0 Å². The number of aliphatic hydroxyl groups excluding tert-OH is 1. The van der Waals surface area contributed by atoms with Gasteiger partial charge >= 0.3 is 0 Å². The number of alkyl halides is 3. The van der Waals surface area contributed by atoms with Crippen molar-refractivity contribution in [3.63, 3.8) is 0 Å². The van der Waals surface area contributed by atoms with Gasteiger partial charge in [0, 0.05) is 31.6 Å². The van der Waals surface area contributed by atoms with Gasteiger partial charge < -0.3 is 19.9 Å². The maximum atomic E-state index is 11.8. The van der Waals surface area contributed by atoms with E-state index in [2.05, 4.69) is 29.4 Å². The molecule has 202 valence electrons. The Bertz CT molecular complexity index is 1170. The van der Waals surface area contributed by atoms with E-state index in [0.29, 0.717) is 6.42 Å². The third-order valence-electron chi connectivity index (χ3n) is 6.39. The van der Waals surface area contributed by atoms with Crippen molar-refractivity contribution in [2.75, 3.05) is 13.6 Å². The van der Waals surface area contributed by atoms with Crippen LogP contribution in [-0.2, 0) is 34.0 Å². The van der Waals surface area contributed by atoms with Crippen LogP contribution in [0.15, 0.2) is 78.9 Å². The van der Waals surface area contributed by atoms with E-state index in [-0.39, 0.29) is 25.4 Å². The maximum absolute atomic E-state index is 11.8. The van der Waals surface area contributed by atoms with Crippen LogP contribution in [-0.4, -0.2) is 39.4 Å². The van der Waals surface area contributed by atoms with Gasteiger partial charge in [0.2, 0.25) is 0 Å². The second kappa shape index (κ2) is 13.3. The lowest BCUT2D eigenvalue weighted by molar-refractivity contribution is -0.252. The standard InChI is InChI=1S/C29H31Cl3N2O4/c1-34(17-21-5-3-2-4-6-21)18-25-15-26(23-11-9-22(19-35)10-12-23)38-27(37-25)24-13-7-20(8-14-24)16-33-28(36)29(30,31)32/h2-14,25-27,35H,15-19H2,1H3,(H,33,36). The van der Waals surface area contributed by atoms with Gasteiger partial charge in [-0.05, 0) is 29.3 Å². The maximum Gasteiger partial charge on any atom is 0.272 e. The summed E-state index contributed by atoms with van der Waals surface area (Å²) in [6.45, 7) is 1.78. The molecule has 0 saturated carbocycles. The Balaban J connectivity index is 1.47. The number of likely N-dealkylation sites (N-methyl/N-ethyl adjacent to an activating group) is 1. The average molecular weight is 578 g/mol. The van der Waals surface area contributed by atoms with E-state index in [4.69, 9.17) is 44.3 Å². The molecule has 38 heavy (non-hydrogen) atoms. The number of hydrogen-bond donors (Lipinski definition) is 2. The van der Waals surface area contributed by atoms with Crippen LogP contribution in [0.4, 0.5) is 0 Å². The van der Waals surface area contributed by atoms with Crippen molar-refractivity contribution in [3.05, 3.63) is 107 Å². The fourth-order valence-corrected chi connectivity index (χ4v) is 4.62. The molecule has 1 saturated heterocycles. The second-order valence-corrected chi connectivity index (χ2v) is 11.7. The van der Waals surface area contributed by atoms with E-state index in [1.165, 1.54) is 5.56 Å². The summed E-state index contributed by atoms with van der Waals surface area (Å²) in [7, 11) is 2.09. The van der Waals surface area contributed by atoms with Crippen molar-refractivity contribution in [1.82, 2.24) is 10.2 Å². The molecule has 1 heterocycles. The highest BCUT2D eigenvalue weighted by molar-refractivity contribution is 6.76. The van der Waals surface area contributed by atoms with Crippen LogP contribution in [0, 0.1) is 0 Å². The van der Waals surface area contributed by atoms with Crippen LogP contribution in [0.5, 0.6) is 0 Å². The lowest BCUT2D eigenvalue weighted by Crippen LogP contribution is -2.37. The highest BCUT2D eigenvalue weighted by Gasteiger charge is 2.33. The minimum atomic E-state index is -2.00. The number of aliphatic hydroxyl groups is 1. The number of nitrogens with zero attached hydrogens (tertiary/aromatic N) is 1. The fourth-order valence-electron chi connectivity index (χ4n) is 4.42. The molecule has 6 nitrogen and oxygen atoms in total. The Labute approximate surface area is 238 Å². The molecular weight excluding hydrogens is 547 g/mol. The first kappa shape index (κ1) is 28.8. The molecule has 3 aromatic carbocycles. The van der Waals surface area contributed by atoms with Crippen molar-refractivity contribution in [1.29, 1.82) is 0 Å². The van der Waals surface area contributed by atoms with E-state index in [0.717, 1.165) is 35.3 Å². The predicted octanol–water partition coefficient (Wildman–Crippen LogP) is 5.84. The van der Waals surface area contributed by atoms with Gasteiger partial charge in [0.05, 0.1) is 18.8 Å². The first-order chi connectivity index (χ1) is 18.2. The van der Waals surface area contributed by atoms with Gasteiger partial charge in [0.15, 0.2) is 6.29 Å². The lowest BCUT2D eigenvalue weighted by Gasteiger charge is -2.38. The van der Waals surface area contributed by atoms with Gasteiger partial charge in [0.1, 0.15) is 0 Å². The number of hydrogen-bond acceptors (Lipinski definition) is 5. The highest BCUT2D eigenvalue weighted by Crippen LogP contribution is 2.38. The summed E-state index contributed by atoms with van der Waals surface area (Å²) in [6.07, 6.45) is -0.0887. The summed E-state index contributed by atoms with van der Waals surface area (Å²) in [5, 5.41) is 12.0. The first-order valence-corrected chi connectivity index (χ1v) is 13.5. The smallest absolute Gasteiger partial charge is 0.272 e. The summed E-state index contributed by atoms with van der Waals surface area (Å²) in [5.74, 6) is -0.678. The molecule has 0 bridgehead atoms. The van der Waals surface area contributed by atoms with Crippen molar-refractivity contribution in [2.45, 2.75) is 48.4 Å². The minimum absolute atomic E-state index is 0.00108. The van der Waals surface area contributed by atoms with E-state index in [1.807, 2.05) is 66.7 Å². The fraction of sp³-hybridized carbons (Fsp3) is 0.345. The summed E-state index contributed by atoms with van der Waals surface area (Å²) in [6, 6.07) is 25.8. The molecule has 0 radical (unpaired) electrons. The van der Waals surface area contributed by atoms with Gasteiger partial charge in [-0.1, -0.05) is 114 Å². The number of ether oxygens (including phenoxy) is 2. The molecule has 3 aromatic rings. The Morgan fingerprint density at radius 3 is 2.18 bits per heavy atom. The van der Waals surface area contributed by atoms with Gasteiger partial charge in [0.25, 0.3) is 9.70 Å². The average Bonchev–Trinajstić information content (AvgIpc) is 2.92. The number of carbonyl (C=O) groups excluding carboxylic acids is 1. The molecule has 1 amide bonds. The summed E-state index contributed by atoms with van der Waals surface area (Å²) in [4.78, 5) is 14.1. The Morgan fingerprint density at radius 2 is 1.55 bits per heavy atom. The number of nitrogens with one attached hydrogen (secondary N) is 1. The van der Waals surface area contributed by atoms with Crippen LogP contribution < -0.4 is 5.32 Å². The van der Waals surface area contributed by atoms with Gasteiger partial charge in [-0.2, -0.15) is 0 Å². The molecular formula is C29H31Cl3N2O4. The largest absolute Gasteiger partial charge is 0.392 e. The molecule has 1 fully saturated rings. The monoisotopic (exact) mass is 576 g/mol. The molecule has 3 unspecified atom stereocenters. The SMILES string of the molecule is CN(Cc1ccccc1)CC1CC(c2ccc(CO)cc2)OC(c2ccc(CNC(=O)C(Cl)(Cl)Cl)cc2)O1. The molecule has 1 aliphatic rings. The van der Waals surface area contributed by atoms with Crippen molar-refractivity contribution < 1.29 is 19.4 Å². The van der Waals surface area contributed by atoms with E-state index < -0.39 is 16.0 Å². The number of carbonyl (C=O) groups is 1. The van der Waals surface area contributed by atoms with Crippen LogP contribution in [0.25, 0.3) is 0 Å². The molecule has 0 aromatic heterocycles. The van der Waals surface area contributed by atoms with Crippen LogP contribution >= 0.6 is 34.8 Å². The van der Waals surface area contributed by atoms with Crippen molar-refractivity contribution in [3.8, 4) is 0 Å². The zero-order valence-corrected chi connectivity index (χ0v) is 23.3. The van der Waals surface area contributed by atoms with Gasteiger partial charge in [-0.3, -0.25) is 9.69 Å². The summed E-state index contributed by atoms with van der Waals surface area (Å²) >= 11 is 16.9. The third kappa shape index (κ3) is 8.17. The van der Waals surface area contributed by atoms with Gasteiger partial charge in [-0.25, -0.2) is 0 Å². The number of benzene rings is 3. The normalized spacial score (nSPS) is 19.9. The molecule has 1 aliphatic heterocycles. The molecule has 2 N–H and O–H groups in total. The highest BCUT2D eigenvalue weighted by atomic mass is 35.6. The van der Waals surface area contributed by atoms with E-state index in [9.17, 15) is 9.90 Å². The Hall–Kier alpha value is -2.16. The minimum Gasteiger partial charge on any atom is -0.392 e. The second-order valence-electron chi connectivity index (χ2n) is 9.45. The van der Waals surface area contributed by atoms with Crippen molar-refractivity contribution >= 4 is 40.7 Å². The molecule has 4 rings (SSSR count). The predicted molar refractivity (Wildman–Crippen MR) is 150 cm³/mol. The third-order valence-corrected chi connectivity index (χ3v) is 6.90. The zero-order chi connectivity index (χ0) is 27.1. The van der Waals surface area contributed by atoms with Crippen LogP contribution in [0.3, 0.4) is 0 Å². The van der Waals surface area contributed by atoms with E-state index in [1.54, 1.807) is 0 Å². The van der Waals surface area contributed by atoms with Crippen molar-refractivity contribution in [2.24, 2.45) is 0 Å². The number of halogens is 3. The lowest BCUT2D eigenvalue weighted by atomic mass is 9.99. The number of amides is 1. The zero-order valence-electron chi connectivity index (χ0n) is 21.0. The first-order valence-electron chi connectivity index (χ1n) is 12.4. The summed E-state index contributed by atoms with van der Waals surface area (Å²) in [5.41, 5.74) is 4.86.